The predicted molar refractivity (Wildman–Crippen MR) is 55.1 cm³/mol. The third-order valence-corrected chi connectivity index (χ3v) is 2.49. The molecule has 1 atom stereocenters. The van der Waals surface area contributed by atoms with Crippen molar-refractivity contribution in [3.05, 3.63) is 12.2 Å². The van der Waals surface area contributed by atoms with Crippen LogP contribution in [0.2, 0.25) is 0 Å². The molecule has 0 aliphatic rings. The van der Waals surface area contributed by atoms with Crippen LogP contribution in [-0.4, -0.2) is 18.6 Å². The maximum absolute atomic E-state index is 5.70. The van der Waals surface area contributed by atoms with Gasteiger partial charge in [0.2, 0.25) is 0 Å². The van der Waals surface area contributed by atoms with Gasteiger partial charge in [0.25, 0.3) is 0 Å². The highest BCUT2D eigenvalue weighted by atomic mass is 15.0. The smallest absolute Gasteiger partial charge is 0.0301 e. The van der Waals surface area contributed by atoms with Crippen LogP contribution in [0, 0.1) is 5.92 Å². The summed E-state index contributed by atoms with van der Waals surface area (Å²) in [5.41, 5.74) is 6.89. The highest BCUT2D eigenvalue weighted by molar-refractivity contribution is 4.96. The molecule has 0 saturated heterocycles. The Labute approximate surface area is 76.2 Å². The minimum atomic E-state index is 0.0406. The highest BCUT2D eigenvalue weighted by Gasteiger charge is 2.25. The molecular weight excluding hydrogens is 148 g/mol. The van der Waals surface area contributed by atoms with E-state index in [1.54, 1.807) is 0 Å². The van der Waals surface area contributed by atoms with Gasteiger partial charge in [0.15, 0.2) is 0 Å². The molecule has 0 rings (SSSR count). The molecule has 0 aromatic carbocycles. The van der Waals surface area contributed by atoms with E-state index in [1.165, 1.54) is 0 Å². The molecule has 2 nitrogen and oxygen atoms in total. The lowest BCUT2D eigenvalue weighted by Gasteiger charge is -2.33. The second kappa shape index (κ2) is 4.63. The van der Waals surface area contributed by atoms with Gasteiger partial charge in [-0.25, -0.2) is 0 Å². The van der Waals surface area contributed by atoms with E-state index in [0.29, 0.717) is 12.5 Å². The van der Waals surface area contributed by atoms with Crippen LogP contribution in [0.15, 0.2) is 12.2 Å². The number of hydrogen-bond donors (Lipinski definition) is 2. The maximum Gasteiger partial charge on any atom is 0.0301 e. The Morgan fingerprint density at radius 1 is 1.58 bits per heavy atom. The summed E-state index contributed by atoms with van der Waals surface area (Å²) in [6, 6.07) is 0. The molecule has 1 unspecified atom stereocenters. The molecule has 0 amide bonds. The lowest BCUT2D eigenvalue weighted by molar-refractivity contribution is 0.278. The fraction of sp³-hybridized carbons (Fsp3) is 0.800. The number of nitrogens with one attached hydrogen (secondary N) is 1. The Morgan fingerprint density at radius 2 is 2.08 bits per heavy atom. The van der Waals surface area contributed by atoms with Gasteiger partial charge < -0.3 is 11.1 Å². The van der Waals surface area contributed by atoms with Crippen molar-refractivity contribution in [1.82, 2.24) is 5.32 Å². The van der Waals surface area contributed by atoms with E-state index in [1.807, 2.05) is 6.92 Å². The van der Waals surface area contributed by atoms with Crippen molar-refractivity contribution in [2.24, 2.45) is 11.7 Å². The van der Waals surface area contributed by atoms with Gasteiger partial charge >= 0.3 is 0 Å². The van der Waals surface area contributed by atoms with Crippen molar-refractivity contribution in [3.63, 3.8) is 0 Å². The number of nitrogens with two attached hydrogens (primary N) is 1. The van der Waals surface area contributed by atoms with Gasteiger partial charge in [-0.3, -0.25) is 0 Å². The monoisotopic (exact) mass is 170 g/mol. The zero-order valence-electron chi connectivity index (χ0n) is 8.78. The van der Waals surface area contributed by atoms with E-state index in [9.17, 15) is 0 Å². The van der Waals surface area contributed by atoms with Crippen LogP contribution < -0.4 is 11.1 Å². The zero-order valence-corrected chi connectivity index (χ0v) is 8.78. The molecule has 0 aromatic rings. The van der Waals surface area contributed by atoms with Gasteiger partial charge in [-0.2, -0.15) is 0 Å². The topological polar surface area (TPSA) is 38.0 Å². The molecule has 0 aliphatic heterocycles. The predicted octanol–water partition coefficient (Wildman–Crippen LogP) is 1.53. The minimum absolute atomic E-state index is 0.0406. The van der Waals surface area contributed by atoms with Crippen LogP contribution in [0.25, 0.3) is 0 Å². The molecule has 0 radical (unpaired) electrons. The van der Waals surface area contributed by atoms with E-state index in [2.05, 4.69) is 32.7 Å². The van der Waals surface area contributed by atoms with Crippen molar-refractivity contribution >= 4 is 0 Å². The van der Waals surface area contributed by atoms with Crippen molar-refractivity contribution < 1.29 is 0 Å². The lowest BCUT2D eigenvalue weighted by atomic mass is 9.88. The van der Waals surface area contributed by atoms with Crippen LogP contribution in [0.5, 0.6) is 0 Å². The van der Waals surface area contributed by atoms with E-state index < -0.39 is 0 Å². The second-order valence-electron chi connectivity index (χ2n) is 4.09. The first-order chi connectivity index (χ1) is 5.42. The average molecular weight is 170 g/mol. The Hall–Kier alpha value is -0.340. The zero-order chi connectivity index (χ0) is 9.78. The molecule has 2 heteroatoms. The van der Waals surface area contributed by atoms with Crippen molar-refractivity contribution in [3.8, 4) is 0 Å². The molecule has 3 N–H and O–H groups in total. The quantitative estimate of drug-likeness (QED) is 0.614. The molecule has 12 heavy (non-hydrogen) atoms. The maximum atomic E-state index is 5.70. The summed E-state index contributed by atoms with van der Waals surface area (Å²) in [6.07, 6.45) is 0. The summed E-state index contributed by atoms with van der Waals surface area (Å²) in [7, 11) is 0. The van der Waals surface area contributed by atoms with Crippen molar-refractivity contribution in [1.29, 1.82) is 0 Å². The van der Waals surface area contributed by atoms with Gasteiger partial charge in [0.05, 0.1) is 0 Å². The second-order valence-corrected chi connectivity index (χ2v) is 4.09. The van der Waals surface area contributed by atoms with Crippen molar-refractivity contribution in [2.45, 2.75) is 33.2 Å². The Morgan fingerprint density at radius 3 is 2.33 bits per heavy atom. The van der Waals surface area contributed by atoms with Crippen LogP contribution in [0.4, 0.5) is 0 Å². The normalized spacial score (nSPS) is 16.2. The number of rotatable bonds is 5. The molecule has 0 heterocycles. The standard InChI is InChI=1S/C10H22N2/c1-8(2)6-12-10(5,7-11)9(3)4/h9,12H,1,6-7,11H2,2-5H3. The van der Waals surface area contributed by atoms with Gasteiger partial charge in [-0.1, -0.05) is 26.0 Å². The van der Waals surface area contributed by atoms with Gasteiger partial charge in [-0.15, -0.1) is 0 Å². The fourth-order valence-corrected chi connectivity index (χ4v) is 0.865. The lowest BCUT2D eigenvalue weighted by Crippen LogP contribution is -2.53. The SMILES string of the molecule is C=C(C)CNC(C)(CN)C(C)C. The molecule has 0 bridgehead atoms. The third kappa shape index (κ3) is 3.37. The first-order valence-electron chi connectivity index (χ1n) is 4.52. The van der Waals surface area contributed by atoms with Crippen LogP contribution in [-0.2, 0) is 0 Å². The largest absolute Gasteiger partial charge is 0.329 e. The minimum Gasteiger partial charge on any atom is -0.329 e. The molecular formula is C10H22N2. The summed E-state index contributed by atoms with van der Waals surface area (Å²) in [5.74, 6) is 0.543. The molecule has 0 saturated carbocycles. The Kier molecular flexibility index (Phi) is 4.50. The van der Waals surface area contributed by atoms with Crippen LogP contribution in [0.1, 0.15) is 27.7 Å². The van der Waals surface area contributed by atoms with E-state index in [4.69, 9.17) is 5.73 Å². The summed E-state index contributed by atoms with van der Waals surface area (Å²) < 4.78 is 0. The molecule has 72 valence electrons. The molecule has 0 aromatic heterocycles. The van der Waals surface area contributed by atoms with Crippen molar-refractivity contribution in [2.75, 3.05) is 13.1 Å². The average Bonchev–Trinajstić information content (AvgIpc) is 1.99. The van der Waals surface area contributed by atoms with Gasteiger partial charge in [-0.05, 0) is 19.8 Å². The highest BCUT2D eigenvalue weighted by Crippen LogP contribution is 2.14. The summed E-state index contributed by atoms with van der Waals surface area (Å²) in [6.45, 7) is 13.9. The number of hydrogen-bond acceptors (Lipinski definition) is 2. The third-order valence-electron chi connectivity index (χ3n) is 2.49. The fourth-order valence-electron chi connectivity index (χ4n) is 0.865. The Balaban J connectivity index is 4.05. The van der Waals surface area contributed by atoms with E-state index in [0.717, 1.165) is 12.1 Å². The van der Waals surface area contributed by atoms with Gasteiger partial charge in [0, 0.05) is 18.6 Å². The van der Waals surface area contributed by atoms with Crippen LogP contribution in [0.3, 0.4) is 0 Å². The first-order valence-corrected chi connectivity index (χ1v) is 4.52. The van der Waals surface area contributed by atoms with Gasteiger partial charge in [0.1, 0.15) is 0 Å². The summed E-state index contributed by atoms with van der Waals surface area (Å²) >= 11 is 0. The van der Waals surface area contributed by atoms with Crippen LogP contribution >= 0.6 is 0 Å². The molecule has 0 fully saturated rings. The summed E-state index contributed by atoms with van der Waals surface area (Å²) in [5, 5.41) is 3.42. The van der Waals surface area contributed by atoms with E-state index in [-0.39, 0.29) is 5.54 Å². The molecule has 0 spiro atoms. The summed E-state index contributed by atoms with van der Waals surface area (Å²) in [4.78, 5) is 0. The first kappa shape index (κ1) is 11.7. The van der Waals surface area contributed by atoms with E-state index >= 15 is 0 Å². The molecule has 0 aliphatic carbocycles. The Bertz CT molecular complexity index is 152.